The van der Waals surface area contributed by atoms with Crippen LogP contribution in [0.25, 0.3) is 0 Å². The van der Waals surface area contributed by atoms with Gasteiger partial charge >= 0.3 is 0 Å². The SMILES string of the molecule is CCCCNC(=O)[C@H](Cc1ccccc1)N(Cc1ccccc1F)C(=O)CN(c1ccc(Oc2ccccc2)cc1)S(=O)(=O)c1ccccc1. The first-order valence-corrected chi connectivity index (χ1v) is 18.0. The molecule has 0 radical (unpaired) electrons. The highest BCUT2D eigenvalue weighted by atomic mass is 32.2. The van der Waals surface area contributed by atoms with Gasteiger partial charge in [-0.3, -0.25) is 13.9 Å². The van der Waals surface area contributed by atoms with Crippen LogP contribution in [-0.2, 0) is 32.6 Å². The molecule has 0 aromatic heterocycles. The van der Waals surface area contributed by atoms with Crippen molar-refractivity contribution in [3.63, 3.8) is 0 Å². The molecule has 0 unspecified atom stereocenters. The second kappa shape index (κ2) is 17.3. The van der Waals surface area contributed by atoms with E-state index in [9.17, 15) is 18.0 Å². The van der Waals surface area contributed by atoms with Crippen molar-refractivity contribution < 1.29 is 27.1 Å². The lowest BCUT2D eigenvalue weighted by Gasteiger charge is -2.34. The summed E-state index contributed by atoms with van der Waals surface area (Å²) >= 11 is 0. The number of benzene rings is 5. The molecule has 0 bridgehead atoms. The number of sulfonamides is 1. The van der Waals surface area contributed by atoms with Crippen LogP contribution in [0.5, 0.6) is 11.5 Å². The van der Waals surface area contributed by atoms with Crippen LogP contribution in [-0.4, -0.2) is 44.3 Å². The third kappa shape index (κ3) is 9.35. The van der Waals surface area contributed by atoms with Crippen LogP contribution in [0.15, 0.2) is 144 Å². The highest BCUT2D eigenvalue weighted by Gasteiger charge is 2.35. The van der Waals surface area contributed by atoms with E-state index in [4.69, 9.17) is 4.74 Å². The third-order valence-electron chi connectivity index (χ3n) is 8.11. The number of halogens is 1. The molecule has 2 amide bonds. The fourth-order valence-electron chi connectivity index (χ4n) is 5.42. The number of amides is 2. The van der Waals surface area contributed by atoms with Crippen molar-refractivity contribution >= 4 is 27.5 Å². The van der Waals surface area contributed by atoms with Crippen molar-refractivity contribution in [3.8, 4) is 11.5 Å². The Morgan fingerprint density at radius 1 is 0.760 bits per heavy atom. The van der Waals surface area contributed by atoms with Crippen molar-refractivity contribution in [2.24, 2.45) is 0 Å². The largest absolute Gasteiger partial charge is 0.457 e. The maximum absolute atomic E-state index is 15.1. The number of nitrogens with zero attached hydrogens (tertiary/aromatic N) is 2. The molecule has 0 saturated heterocycles. The standard InChI is InChI=1S/C40H40FN3O5S/c1-2-3-27-42-40(46)38(28-31-15-7-4-8-16-31)43(29-32-17-13-14-22-37(32)41)39(45)30-44(50(47,48)36-20-11-6-12-21-36)33-23-25-35(26-24-33)49-34-18-9-5-10-19-34/h4-26,38H,2-3,27-30H2,1H3,(H,42,46)/t38-/m0/s1. The Bertz CT molecular complexity index is 1940. The average Bonchev–Trinajstić information content (AvgIpc) is 3.14. The molecule has 5 rings (SSSR count). The van der Waals surface area contributed by atoms with Gasteiger partial charge in [-0.2, -0.15) is 0 Å². The minimum absolute atomic E-state index is 0.0174. The van der Waals surface area contributed by atoms with E-state index in [0.717, 1.165) is 22.7 Å². The fraction of sp³-hybridized carbons (Fsp3) is 0.200. The van der Waals surface area contributed by atoms with Crippen LogP contribution >= 0.6 is 0 Å². The molecule has 1 atom stereocenters. The summed E-state index contributed by atoms with van der Waals surface area (Å²) < 4.78 is 50.5. The number of anilines is 1. The number of hydrogen-bond acceptors (Lipinski definition) is 5. The molecule has 0 spiro atoms. The van der Waals surface area contributed by atoms with E-state index in [1.54, 1.807) is 72.8 Å². The predicted molar refractivity (Wildman–Crippen MR) is 193 cm³/mol. The van der Waals surface area contributed by atoms with Crippen molar-refractivity contribution in [1.82, 2.24) is 10.2 Å². The third-order valence-corrected chi connectivity index (χ3v) is 9.90. The van der Waals surface area contributed by atoms with Gasteiger partial charge < -0.3 is 15.0 Å². The number of hydrogen-bond donors (Lipinski definition) is 1. The second-order valence-electron chi connectivity index (χ2n) is 11.7. The Labute approximate surface area is 293 Å². The summed E-state index contributed by atoms with van der Waals surface area (Å²) in [5, 5.41) is 2.93. The summed E-state index contributed by atoms with van der Waals surface area (Å²) in [6.07, 6.45) is 1.72. The molecule has 5 aromatic rings. The predicted octanol–water partition coefficient (Wildman–Crippen LogP) is 7.37. The normalized spacial score (nSPS) is 11.7. The molecule has 0 aliphatic carbocycles. The van der Waals surface area contributed by atoms with E-state index in [-0.39, 0.29) is 29.1 Å². The number of nitrogens with one attached hydrogen (secondary N) is 1. The van der Waals surface area contributed by atoms with Crippen molar-refractivity contribution in [1.29, 1.82) is 0 Å². The quantitative estimate of drug-likeness (QED) is 0.109. The van der Waals surface area contributed by atoms with Crippen LogP contribution in [0.1, 0.15) is 30.9 Å². The molecule has 0 aliphatic heterocycles. The van der Waals surface area contributed by atoms with Gasteiger partial charge in [-0.25, -0.2) is 12.8 Å². The van der Waals surface area contributed by atoms with Gasteiger partial charge in [0.1, 0.15) is 29.9 Å². The molecule has 5 aromatic carbocycles. The van der Waals surface area contributed by atoms with E-state index in [1.807, 2.05) is 55.5 Å². The fourth-order valence-corrected chi connectivity index (χ4v) is 6.86. The van der Waals surface area contributed by atoms with Gasteiger partial charge in [-0.1, -0.05) is 98.3 Å². The summed E-state index contributed by atoms with van der Waals surface area (Å²) in [6.45, 7) is 1.49. The van der Waals surface area contributed by atoms with Gasteiger partial charge in [-0.15, -0.1) is 0 Å². The van der Waals surface area contributed by atoms with Crippen LogP contribution < -0.4 is 14.4 Å². The first-order valence-electron chi connectivity index (χ1n) is 16.5. The maximum Gasteiger partial charge on any atom is 0.264 e. The summed E-state index contributed by atoms with van der Waals surface area (Å²) in [4.78, 5) is 29.7. The molecule has 0 saturated carbocycles. The van der Waals surface area contributed by atoms with Crippen LogP contribution in [0.3, 0.4) is 0 Å². The number of rotatable bonds is 16. The highest BCUT2D eigenvalue weighted by molar-refractivity contribution is 7.92. The summed E-state index contributed by atoms with van der Waals surface area (Å²) in [7, 11) is -4.29. The molecule has 0 heterocycles. The van der Waals surface area contributed by atoms with Gasteiger partial charge in [0.15, 0.2) is 0 Å². The van der Waals surface area contributed by atoms with Gasteiger partial charge in [0.05, 0.1) is 10.6 Å². The molecule has 8 nitrogen and oxygen atoms in total. The number of para-hydroxylation sites is 1. The van der Waals surface area contributed by atoms with Gasteiger partial charge in [0.25, 0.3) is 10.0 Å². The Balaban J connectivity index is 1.54. The highest BCUT2D eigenvalue weighted by Crippen LogP contribution is 2.29. The topological polar surface area (TPSA) is 96.0 Å². The van der Waals surface area contributed by atoms with E-state index in [0.29, 0.717) is 18.0 Å². The Kier molecular flexibility index (Phi) is 12.4. The van der Waals surface area contributed by atoms with Crippen molar-refractivity contribution in [2.45, 2.75) is 43.7 Å². The molecular formula is C40H40FN3O5S. The van der Waals surface area contributed by atoms with E-state index in [2.05, 4.69) is 5.32 Å². The van der Waals surface area contributed by atoms with Crippen LogP contribution in [0.4, 0.5) is 10.1 Å². The van der Waals surface area contributed by atoms with Gasteiger partial charge in [0.2, 0.25) is 11.8 Å². The lowest BCUT2D eigenvalue weighted by molar-refractivity contribution is -0.140. The van der Waals surface area contributed by atoms with Gasteiger partial charge in [-0.05, 0) is 66.6 Å². The first kappa shape index (κ1) is 35.8. The first-order chi connectivity index (χ1) is 24.3. The second-order valence-corrected chi connectivity index (χ2v) is 13.6. The molecule has 258 valence electrons. The lowest BCUT2D eigenvalue weighted by Crippen LogP contribution is -2.53. The van der Waals surface area contributed by atoms with Crippen LogP contribution in [0, 0.1) is 5.82 Å². The molecule has 0 fully saturated rings. The Morgan fingerprint density at radius 3 is 1.98 bits per heavy atom. The minimum Gasteiger partial charge on any atom is -0.457 e. The number of carbonyl (C=O) groups excluding carboxylic acids is 2. The summed E-state index contributed by atoms with van der Waals surface area (Å²) in [5.41, 5.74) is 1.19. The minimum atomic E-state index is -4.29. The molecule has 10 heteroatoms. The zero-order valence-corrected chi connectivity index (χ0v) is 28.6. The van der Waals surface area contributed by atoms with Gasteiger partial charge in [0, 0.05) is 25.1 Å². The Hall–Kier alpha value is -5.48. The molecular weight excluding hydrogens is 654 g/mol. The molecule has 0 aliphatic rings. The van der Waals surface area contributed by atoms with E-state index >= 15 is 4.39 Å². The smallest absolute Gasteiger partial charge is 0.264 e. The van der Waals surface area contributed by atoms with E-state index < -0.39 is 40.2 Å². The molecule has 1 N–H and O–H groups in total. The van der Waals surface area contributed by atoms with Crippen LogP contribution in [0.2, 0.25) is 0 Å². The maximum atomic E-state index is 15.1. The van der Waals surface area contributed by atoms with Crippen molar-refractivity contribution in [2.75, 3.05) is 17.4 Å². The number of carbonyl (C=O) groups is 2. The number of ether oxygens (including phenoxy) is 1. The van der Waals surface area contributed by atoms with E-state index in [1.165, 1.54) is 23.1 Å². The lowest BCUT2D eigenvalue weighted by atomic mass is 10.0. The number of unbranched alkanes of at least 4 members (excludes halogenated alkanes) is 1. The monoisotopic (exact) mass is 693 g/mol. The average molecular weight is 694 g/mol. The Morgan fingerprint density at radius 2 is 1.34 bits per heavy atom. The zero-order chi connectivity index (χ0) is 35.3. The summed E-state index contributed by atoms with van der Waals surface area (Å²) in [5.74, 6) is -0.556. The molecule has 50 heavy (non-hydrogen) atoms. The van der Waals surface area contributed by atoms with Crippen molar-refractivity contribution in [3.05, 3.63) is 156 Å². The summed E-state index contributed by atoms with van der Waals surface area (Å²) in [6, 6.07) is 37.5. The zero-order valence-electron chi connectivity index (χ0n) is 27.8.